The van der Waals surface area contributed by atoms with Crippen molar-refractivity contribution in [3.63, 3.8) is 0 Å². The smallest absolute Gasteiger partial charge is 0.426 e. The molecule has 0 aliphatic carbocycles. The lowest BCUT2D eigenvalue weighted by molar-refractivity contribution is -0.129. The Morgan fingerprint density at radius 3 is 2.74 bits per heavy atom. The van der Waals surface area contributed by atoms with Crippen LogP contribution in [0.15, 0.2) is 30.9 Å². The Bertz CT molecular complexity index is 693. The van der Waals surface area contributed by atoms with E-state index in [2.05, 4.69) is 11.9 Å². The fraction of sp³-hybridized carbons (Fsp3) is 0.500. The fourth-order valence-corrected chi connectivity index (χ4v) is 3.56. The van der Waals surface area contributed by atoms with Gasteiger partial charge in [-0.05, 0) is 56.9 Å². The van der Waals surface area contributed by atoms with Crippen LogP contribution in [0.2, 0.25) is 0 Å². The number of nitrogens with one attached hydrogen (secondary N) is 1. The molecule has 2 unspecified atom stereocenters. The van der Waals surface area contributed by atoms with Gasteiger partial charge in [0.2, 0.25) is 5.91 Å². The zero-order valence-corrected chi connectivity index (χ0v) is 16.1. The van der Waals surface area contributed by atoms with Crippen molar-refractivity contribution in [3.05, 3.63) is 47.5 Å². The summed E-state index contributed by atoms with van der Waals surface area (Å²) in [5.74, 6) is -1.20. The summed E-state index contributed by atoms with van der Waals surface area (Å²) in [6.07, 6.45) is 4.08. The maximum absolute atomic E-state index is 12.8. The highest BCUT2D eigenvalue weighted by Gasteiger charge is 2.33. The molecule has 1 aliphatic rings. The summed E-state index contributed by atoms with van der Waals surface area (Å²) in [6.45, 7) is 8.28. The van der Waals surface area contributed by atoms with Crippen LogP contribution in [0, 0.1) is 13.8 Å². The molecule has 3 N–H and O–H groups in total. The lowest BCUT2D eigenvalue weighted by Gasteiger charge is -2.34. The molecule has 27 heavy (non-hydrogen) atoms. The number of likely N-dealkylation sites (tertiary alicyclic amines) is 1. The Morgan fingerprint density at radius 1 is 1.37 bits per heavy atom. The summed E-state index contributed by atoms with van der Waals surface area (Å²) in [5.41, 5.74) is 3.14. The van der Waals surface area contributed by atoms with E-state index < -0.39 is 19.1 Å². The number of benzene rings is 1. The summed E-state index contributed by atoms with van der Waals surface area (Å²) in [7, 11) is -1.67. The summed E-state index contributed by atoms with van der Waals surface area (Å²) >= 11 is 0. The number of amides is 1. The molecular weight excluding hydrogens is 343 g/mol. The van der Waals surface area contributed by atoms with Crippen LogP contribution >= 0.6 is 0 Å². The van der Waals surface area contributed by atoms with Gasteiger partial charge in [-0.3, -0.25) is 14.5 Å². The molecule has 1 amide bonds. The van der Waals surface area contributed by atoms with Crippen molar-refractivity contribution < 1.29 is 19.6 Å². The number of hydrogen-bond acceptors (Lipinski definition) is 5. The van der Waals surface area contributed by atoms with Crippen LogP contribution in [-0.4, -0.2) is 58.8 Å². The molecule has 1 aromatic rings. The van der Waals surface area contributed by atoms with E-state index in [0.717, 1.165) is 29.5 Å². The maximum Gasteiger partial charge on any atom is 0.475 e. The minimum atomic E-state index is -1.67. The lowest BCUT2D eigenvalue weighted by Crippen LogP contribution is -2.56. The number of carbonyl (C=O) groups excluding carboxylic acids is 2. The first-order valence-corrected chi connectivity index (χ1v) is 9.43. The predicted molar refractivity (Wildman–Crippen MR) is 106 cm³/mol. The van der Waals surface area contributed by atoms with Crippen molar-refractivity contribution in [3.8, 4) is 0 Å². The van der Waals surface area contributed by atoms with Crippen molar-refractivity contribution in [1.82, 2.24) is 10.2 Å². The standard InChI is InChI=1S/C20H29BN2O4/c1-4-17(24)13-23-10-6-5-7-18(23)20(25)22-19(21(26)27)12-16-9-8-14(2)11-15(16)3/h4,8-9,11,18-19,26-27H,1,5-7,10,12-13H2,2-3H3,(H,22,25). The third-order valence-corrected chi connectivity index (χ3v) is 5.13. The van der Waals surface area contributed by atoms with Gasteiger partial charge in [0.25, 0.3) is 0 Å². The molecule has 1 saturated heterocycles. The van der Waals surface area contributed by atoms with Crippen molar-refractivity contribution in [1.29, 1.82) is 0 Å². The normalized spacial score (nSPS) is 18.6. The van der Waals surface area contributed by atoms with E-state index >= 15 is 0 Å². The van der Waals surface area contributed by atoms with Crippen molar-refractivity contribution in [2.24, 2.45) is 0 Å². The molecule has 2 atom stereocenters. The molecule has 0 spiro atoms. The molecule has 1 fully saturated rings. The van der Waals surface area contributed by atoms with Crippen LogP contribution < -0.4 is 5.32 Å². The summed E-state index contributed by atoms with van der Waals surface area (Å²) < 4.78 is 0. The molecule has 0 bridgehead atoms. The first-order chi connectivity index (χ1) is 12.8. The highest BCUT2D eigenvalue weighted by Crippen LogP contribution is 2.18. The van der Waals surface area contributed by atoms with Crippen LogP contribution in [0.1, 0.15) is 36.0 Å². The second-order valence-electron chi connectivity index (χ2n) is 7.32. The summed E-state index contributed by atoms with van der Waals surface area (Å²) in [5, 5.41) is 22.3. The zero-order valence-electron chi connectivity index (χ0n) is 16.1. The summed E-state index contributed by atoms with van der Waals surface area (Å²) in [6, 6.07) is 5.50. The Labute approximate surface area is 161 Å². The monoisotopic (exact) mass is 372 g/mol. The number of ketones is 1. The van der Waals surface area contributed by atoms with Gasteiger partial charge in [0.05, 0.1) is 18.5 Å². The van der Waals surface area contributed by atoms with Crippen molar-refractivity contribution in [2.75, 3.05) is 13.1 Å². The van der Waals surface area contributed by atoms with Gasteiger partial charge in [-0.25, -0.2) is 0 Å². The first kappa shape index (κ1) is 21.3. The number of carbonyl (C=O) groups is 2. The Morgan fingerprint density at radius 2 is 2.11 bits per heavy atom. The van der Waals surface area contributed by atoms with Crippen LogP contribution in [-0.2, 0) is 16.0 Å². The van der Waals surface area contributed by atoms with Gasteiger partial charge in [0.15, 0.2) is 5.78 Å². The second kappa shape index (κ2) is 9.83. The SMILES string of the molecule is C=CC(=O)CN1CCCCC1C(=O)NC(Cc1ccc(C)cc1C)B(O)O. The Balaban J connectivity index is 2.08. The van der Waals surface area contributed by atoms with E-state index in [-0.39, 0.29) is 18.2 Å². The fourth-order valence-electron chi connectivity index (χ4n) is 3.56. The minimum absolute atomic E-state index is 0.122. The molecule has 1 heterocycles. The van der Waals surface area contributed by atoms with Gasteiger partial charge < -0.3 is 15.4 Å². The van der Waals surface area contributed by atoms with E-state index in [1.807, 2.05) is 36.9 Å². The van der Waals surface area contributed by atoms with Crippen LogP contribution in [0.3, 0.4) is 0 Å². The van der Waals surface area contributed by atoms with Crippen LogP contribution in [0.25, 0.3) is 0 Å². The first-order valence-electron chi connectivity index (χ1n) is 9.43. The van der Waals surface area contributed by atoms with Gasteiger partial charge in [-0.15, -0.1) is 0 Å². The lowest BCUT2D eigenvalue weighted by atomic mass is 9.75. The molecule has 0 saturated carbocycles. The maximum atomic E-state index is 12.8. The highest BCUT2D eigenvalue weighted by atomic mass is 16.4. The molecule has 2 rings (SSSR count). The van der Waals surface area contributed by atoms with Crippen LogP contribution in [0.5, 0.6) is 0 Å². The number of piperidine rings is 1. The summed E-state index contributed by atoms with van der Waals surface area (Å²) in [4.78, 5) is 26.4. The van der Waals surface area contributed by atoms with E-state index in [0.29, 0.717) is 19.4 Å². The molecule has 1 aliphatic heterocycles. The minimum Gasteiger partial charge on any atom is -0.426 e. The number of aryl methyl sites for hydroxylation is 2. The molecule has 1 aromatic carbocycles. The third-order valence-electron chi connectivity index (χ3n) is 5.13. The third kappa shape index (κ3) is 6.02. The highest BCUT2D eigenvalue weighted by molar-refractivity contribution is 6.43. The van der Waals surface area contributed by atoms with Gasteiger partial charge in [0, 0.05) is 0 Å². The molecule has 6 nitrogen and oxygen atoms in total. The van der Waals surface area contributed by atoms with Gasteiger partial charge >= 0.3 is 7.12 Å². The Kier molecular flexibility index (Phi) is 7.77. The molecule has 0 radical (unpaired) electrons. The zero-order chi connectivity index (χ0) is 20.0. The Hall–Kier alpha value is -1.96. The number of rotatable bonds is 8. The largest absolute Gasteiger partial charge is 0.475 e. The van der Waals surface area contributed by atoms with Crippen molar-refractivity contribution in [2.45, 2.75) is 51.5 Å². The second-order valence-corrected chi connectivity index (χ2v) is 7.32. The van der Waals surface area contributed by atoms with Gasteiger partial charge in [-0.2, -0.15) is 0 Å². The van der Waals surface area contributed by atoms with Crippen molar-refractivity contribution >= 4 is 18.8 Å². The predicted octanol–water partition coefficient (Wildman–Crippen LogP) is 0.952. The number of nitrogens with zero attached hydrogens (tertiary/aromatic N) is 1. The molecule has 146 valence electrons. The van der Waals surface area contributed by atoms with Gasteiger partial charge in [-0.1, -0.05) is 36.8 Å². The van der Waals surface area contributed by atoms with Crippen LogP contribution in [0.4, 0.5) is 0 Å². The quantitative estimate of drug-likeness (QED) is 0.467. The molecule has 7 heteroatoms. The van der Waals surface area contributed by atoms with E-state index in [1.165, 1.54) is 6.08 Å². The van der Waals surface area contributed by atoms with Gasteiger partial charge in [0.1, 0.15) is 0 Å². The average Bonchev–Trinajstić information content (AvgIpc) is 2.63. The van der Waals surface area contributed by atoms with E-state index in [9.17, 15) is 19.6 Å². The molecular formula is C20H29BN2O4. The van der Waals surface area contributed by atoms with E-state index in [4.69, 9.17) is 0 Å². The topological polar surface area (TPSA) is 89.9 Å². The number of hydrogen-bond donors (Lipinski definition) is 3. The average molecular weight is 372 g/mol. The van der Waals surface area contributed by atoms with E-state index in [1.54, 1.807) is 0 Å². The molecule has 0 aromatic heterocycles.